The lowest BCUT2D eigenvalue weighted by Crippen LogP contribution is -2.15. The van der Waals surface area contributed by atoms with Crippen LogP contribution in [-0.4, -0.2) is 20.3 Å². The van der Waals surface area contributed by atoms with E-state index >= 15 is 0 Å². The number of aryl methyl sites for hydroxylation is 1. The molecule has 1 aliphatic rings. The van der Waals surface area contributed by atoms with E-state index in [-0.39, 0.29) is 0 Å². The molecule has 0 fully saturated rings. The Balaban J connectivity index is 1.40. The van der Waals surface area contributed by atoms with Crippen LogP contribution < -0.4 is 24.3 Å². The molecule has 5 heteroatoms. The minimum Gasteiger partial charge on any atom is -0.493 e. The zero-order valence-corrected chi connectivity index (χ0v) is 16.7. The molecule has 3 aromatic carbocycles. The highest BCUT2D eigenvalue weighted by Gasteiger charge is 2.12. The quantitative estimate of drug-likeness (QED) is 0.616. The molecule has 0 aromatic heterocycles. The van der Waals surface area contributed by atoms with Gasteiger partial charge in [0, 0.05) is 18.3 Å². The fourth-order valence-electron chi connectivity index (χ4n) is 3.23. The number of fused-ring (bicyclic) bond motifs is 1. The molecule has 3 aromatic rings. The van der Waals surface area contributed by atoms with E-state index in [1.807, 2.05) is 48.5 Å². The van der Waals surface area contributed by atoms with Gasteiger partial charge in [-0.05, 0) is 47.9 Å². The lowest BCUT2D eigenvalue weighted by molar-refractivity contribution is 0.171. The van der Waals surface area contributed by atoms with Crippen LogP contribution in [0.25, 0.3) is 0 Å². The van der Waals surface area contributed by atoms with E-state index in [9.17, 15) is 0 Å². The van der Waals surface area contributed by atoms with Gasteiger partial charge in [-0.1, -0.05) is 30.3 Å². The molecule has 0 radical (unpaired) electrons. The fourth-order valence-corrected chi connectivity index (χ4v) is 3.23. The fraction of sp³-hybridized carbons (Fsp3) is 0.250. The van der Waals surface area contributed by atoms with Crippen LogP contribution >= 0.6 is 0 Å². The summed E-state index contributed by atoms with van der Waals surface area (Å²) in [6.07, 6.45) is 0. The van der Waals surface area contributed by atoms with Gasteiger partial charge in [0.2, 0.25) is 0 Å². The highest BCUT2D eigenvalue weighted by Crippen LogP contribution is 2.33. The third kappa shape index (κ3) is 4.57. The Kier molecular flexibility index (Phi) is 5.75. The standard InChI is InChI=1S/C24H25NO4/c1-17-5-3-4-6-19(17)16-29-21-9-7-18(13-23(21)26-2)15-25-20-8-10-22-24(14-20)28-12-11-27-22/h3-10,13-14,25H,11-12,15-16H2,1-2H3. The van der Waals surface area contributed by atoms with Crippen molar-refractivity contribution in [2.24, 2.45) is 0 Å². The predicted molar refractivity (Wildman–Crippen MR) is 113 cm³/mol. The van der Waals surface area contributed by atoms with E-state index in [0.29, 0.717) is 26.4 Å². The zero-order chi connectivity index (χ0) is 20.1. The lowest BCUT2D eigenvalue weighted by Gasteiger charge is -2.19. The maximum absolute atomic E-state index is 6.00. The molecule has 1 N–H and O–H groups in total. The van der Waals surface area contributed by atoms with Gasteiger partial charge in [-0.3, -0.25) is 0 Å². The molecule has 0 spiro atoms. The van der Waals surface area contributed by atoms with Crippen LogP contribution in [0.3, 0.4) is 0 Å². The number of nitrogens with one attached hydrogen (secondary N) is 1. The van der Waals surface area contributed by atoms with Crippen molar-refractivity contribution in [2.45, 2.75) is 20.1 Å². The van der Waals surface area contributed by atoms with Gasteiger partial charge in [0.1, 0.15) is 19.8 Å². The average Bonchev–Trinajstić information content (AvgIpc) is 2.77. The molecule has 1 aliphatic heterocycles. The van der Waals surface area contributed by atoms with Gasteiger partial charge < -0.3 is 24.3 Å². The van der Waals surface area contributed by atoms with Crippen LogP contribution in [0.15, 0.2) is 60.7 Å². The van der Waals surface area contributed by atoms with Crippen molar-refractivity contribution in [1.29, 1.82) is 0 Å². The Morgan fingerprint density at radius 1 is 0.897 bits per heavy atom. The second-order valence-electron chi connectivity index (χ2n) is 6.91. The van der Waals surface area contributed by atoms with Gasteiger partial charge in [0.25, 0.3) is 0 Å². The third-order valence-electron chi connectivity index (χ3n) is 4.91. The van der Waals surface area contributed by atoms with Crippen molar-refractivity contribution < 1.29 is 18.9 Å². The Labute approximate surface area is 171 Å². The van der Waals surface area contributed by atoms with Gasteiger partial charge in [0.15, 0.2) is 23.0 Å². The number of anilines is 1. The first-order chi connectivity index (χ1) is 14.2. The van der Waals surface area contributed by atoms with Crippen molar-refractivity contribution in [3.8, 4) is 23.0 Å². The largest absolute Gasteiger partial charge is 0.493 e. The molecular formula is C24H25NO4. The summed E-state index contributed by atoms with van der Waals surface area (Å²) >= 11 is 0. The normalized spacial score (nSPS) is 12.3. The smallest absolute Gasteiger partial charge is 0.163 e. The minimum absolute atomic E-state index is 0.512. The van der Waals surface area contributed by atoms with E-state index in [0.717, 1.165) is 34.2 Å². The van der Waals surface area contributed by atoms with Crippen molar-refractivity contribution in [2.75, 3.05) is 25.6 Å². The molecule has 29 heavy (non-hydrogen) atoms. The van der Waals surface area contributed by atoms with Gasteiger partial charge in [-0.2, -0.15) is 0 Å². The monoisotopic (exact) mass is 391 g/mol. The summed E-state index contributed by atoms with van der Waals surface area (Å²) < 4.78 is 22.7. The van der Waals surface area contributed by atoms with E-state index in [4.69, 9.17) is 18.9 Å². The Hall–Kier alpha value is -3.34. The summed E-state index contributed by atoms with van der Waals surface area (Å²) in [6, 6.07) is 20.1. The van der Waals surface area contributed by atoms with Crippen LogP contribution in [0.5, 0.6) is 23.0 Å². The number of benzene rings is 3. The first-order valence-electron chi connectivity index (χ1n) is 9.70. The minimum atomic E-state index is 0.512. The highest BCUT2D eigenvalue weighted by molar-refractivity contribution is 5.55. The molecule has 0 unspecified atom stereocenters. The molecule has 4 rings (SSSR count). The van der Waals surface area contributed by atoms with E-state index < -0.39 is 0 Å². The summed E-state index contributed by atoms with van der Waals surface area (Å²) in [6.45, 7) is 4.43. The van der Waals surface area contributed by atoms with Crippen molar-refractivity contribution in [3.63, 3.8) is 0 Å². The molecule has 0 saturated carbocycles. The summed E-state index contributed by atoms with van der Waals surface area (Å²) in [5, 5.41) is 3.42. The highest BCUT2D eigenvalue weighted by atomic mass is 16.6. The number of rotatable bonds is 7. The maximum Gasteiger partial charge on any atom is 0.163 e. The van der Waals surface area contributed by atoms with Crippen molar-refractivity contribution in [1.82, 2.24) is 0 Å². The molecular weight excluding hydrogens is 366 g/mol. The second kappa shape index (κ2) is 8.78. The van der Waals surface area contributed by atoms with Crippen LogP contribution in [0.4, 0.5) is 5.69 Å². The van der Waals surface area contributed by atoms with Crippen LogP contribution in [0.1, 0.15) is 16.7 Å². The number of hydrogen-bond acceptors (Lipinski definition) is 5. The number of hydrogen-bond donors (Lipinski definition) is 1. The molecule has 0 saturated heterocycles. The lowest BCUT2D eigenvalue weighted by atomic mass is 10.1. The molecule has 1 heterocycles. The molecule has 0 atom stereocenters. The van der Waals surface area contributed by atoms with E-state index in [2.05, 4.69) is 24.4 Å². The van der Waals surface area contributed by atoms with Gasteiger partial charge in [-0.15, -0.1) is 0 Å². The first-order valence-corrected chi connectivity index (χ1v) is 9.70. The Morgan fingerprint density at radius 2 is 1.72 bits per heavy atom. The van der Waals surface area contributed by atoms with Crippen LogP contribution in [0, 0.1) is 6.92 Å². The topological polar surface area (TPSA) is 49.0 Å². The SMILES string of the molecule is COc1cc(CNc2ccc3c(c2)OCCO3)ccc1OCc1ccccc1C. The van der Waals surface area contributed by atoms with E-state index in [1.165, 1.54) is 11.1 Å². The first kappa shape index (κ1) is 19.0. The van der Waals surface area contributed by atoms with Crippen molar-refractivity contribution in [3.05, 3.63) is 77.4 Å². The summed E-state index contributed by atoms with van der Waals surface area (Å²) in [5.74, 6) is 3.02. The van der Waals surface area contributed by atoms with Gasteiger partial charge >= 0.3 is 0 Å². The molecule has 150 valence electrons. The summed E-state index contributed by atoms with van der Waals surface area (Å²) in [7, 11) is 1.66. The molecule has 5 nitrogen and oxygen atoms in total. The van der Waals surface area contributed by atoms with Crippen molar-refractivity contribution >= 4 is 5.69 Å². The summed E-state index contributed by atoms with van der Waals surface area (Å²) in [4.78, 5) is 0. The second-order valence-corrected chi connectivity index (χ2v) is 6.91. The molecule has 0 aliphatic carbocycles. The van der Waals surface area contributed by atoms with Crippen LogP contribution in [0.2, 0.25) is 0 Å². The molecule has 0 bridgehead atoms. The maximum atomic E-state index is 6.00. The van der Waals surface area contributed by atoms with Gasteiger partial charge in [-0.25, -0.2) is 0 Å². The average molecular weight is 391 g/mol. The van der Waals surface area contributed by atoms with Crippen LogP contribution in [-0.2, 0) is 13.2 Å². The molecule has 0 amide bonds. The Morgan fingerprint density at radius 3 is 2.55 bits per heavy atom. The number of methoxy groups -OCH3 is 1. The number of ether oxygens (including phenoxy) is 4. The Bertz CT molecular complexity index is 986. The summed E-state index contributed by atoms with van der Waals surface area (Å²) in [5.41, 5.74) is 4.46. The zero-order valence-electron chi connectivity index (χ0n) is 16.7. The predicted octanol–water partition coefficient (Wildman–Crippen LogP) is 4.97. The third-order valence-corrected chi connectivity index (χ3v) is 4.91. The van der Waals surface area contributed by atoms with E-state index in [1.54, 1.807) is 7.11 Å². The van der Waals surface area contributed by atoms with Gasteiger partial charge in [0.05, 0.1) is 7.11 Å².